The number of rotatable bonds is 6. The molecule has 0 aromatic carbocycles. The zero-order valence-corrected chi connectivity index (χ0v) is 18.1. The number of nitrogens with zero attached hydrogens (tertiary/aromatic N) is 3. The van der Waals surface area contributed by atoms with Crippen LogP contribution in [0.2, 0.25) is 0 Å². The summed E-state index contributed by atoms with van der Waals surface area (Å²) in [6.07, 6.45) is 1.31. The Morgan fingerprint density at radius 1 is 1.25 bits per heavy atom. The van der Waals surface area contributed by atoms with Crippen LogP contribution in [0.25, 0.3) is 0 Å². The van der Waals surface area contributed by atoms with Crippen LogP contribution in [0.4, 0.5) is 19.0 Å². The first-order chi connectivity index (χ1) is 15.3. The van der Waals surface area contributed by atoms with Gasteiger partial charge in [-0.15, -0.1) is 0 Å². The lowest BCUT2D eigenvalue weighted by atomic mass is 9.95. The van der Waals surface area contributed by atoms with E-state index in [0.29, 0.717) is 37.8 Å². The monoisotopic (exact) mass is 447 g/mol. The van der Waals surface area contributed by atoms with E-state index >= 15 is 0 Å². The van der Waals surface area contributed by atoms with E-state index in [4.69, 9.17) is 4.42 Å². The lowest BCUT2D eigenvalue weighted by Gasteiger charge is -2.36. The van der Waals surface area contributed by atoms with E-state index in [0.717, 1.165) is 36.8 Å². The van der Waals surface area contributed by atoms with Crippen molar-refractivity contribution in [3.63, 3.8) is 0 Å². The highest BCUT2D eigenvalue weighted by molar-refractivity contribution is 5.80. The van der Waals surface area contributed by atoms with Crippen molar-refractivity contribution < 1.29 is 22.4 Å². The maximum Gasteiger partial charge on any atom is 0.419 e. The van der Waals surface area contributed by atoms with Gasteiger partial charge < -0.3 is 14.2 Å². The number of aromatic nitrogens is 1. The molecule has 0 radical (unpaired) electrons. The first kappa shape index (κ1) is 21.3. The lowest BCUT2D eigenvalue weighted by Crippen LogP contribution is -2.46. The second kappa shape index (κ2) is 8.12. The molecule has 32 heavy (non-hydrogen) atoms. The molecule has 3 heterocycles. The van der Waals surface area contributed by atoms with Crippen LogP contribution in [-0.4, -0.2) is 34.9 Å². The summed E-state index contributed by atoms with van der Waals surface area (Å²) in [5, 5.41) is 0. The molecule has 5 rings (SSSR count). The predicted molar refractivity (Wildman–Crippen MR) is 113 cm³/mol. The Morgan fingerprint density at radius 3 is 2.72 bits per heavy atom. The van der Waals surface area contributed by atoms with Crippen LogP contribution in [-0.2, 0) is 17.5 Å². The quantitative estimate of drug-likeness (QED) is 0.609. The molecule has 2 saturated carbocycles. The van der Waals surface area contributed by atoms with Gasteiger partial charge in [0.05, 0.1) is 18.0 Å². The number of carbonyl (C=O) groups excluding carboxylic acids is 1. The zero-order chi connectivity index (χ0) is 22.5. The fourth-order valence-electron chi connectivity index (χ4n) is 4.81. The number of anilines is 1. The van der Waals surface area contributed by atoms with Gasteiger partial charge in [-0.05, 0) is 62.3 Å². The molecule has 3 unspecified atom stereocenters. The highest BCUT2D eigenvalue weighted by atomic mass is 19.4. The molecule has 2 aliphatic carbocycles. The summed E-state index contributed by atoms with van der Waals surface area (Å²) in [5.41, 5.74) is -0.746. The van der Waals surface area contributed by atoms with E-state index in [-0.39, 0.29) is 30.2 Å². The van der Waals surface area contributed by atoms with Gasteiger partial charge >= 0.3 is 6.18 Å². The topological polar surface area (TPSA) is 49.6 Å². The molecule has 1 saturated heterocycles. The van der Waals surface area contributed by atoms with Crippen LogP contribution >= 0.6 is 0 Å². The average Bonchev–Trinajstić information content (AvgIpc) is 3.70. The van der Waals surface area contributed by atoms with Gasteiger partial charge in [-0.25, -0.2) is 4.98 Å². The van der Waals surface area contributed by atoms with E-state index < -0.39 is 11.7 Å². The highest BCUT2D eigenvalue weighted by Gasteiger charge is 2.41. The maximum absolute atomic E-state index is 13.5. The number of hydrogen-bond acceptors (Lipinski definition) is 4. The molecule has 8 heteroatoms. The third-order valence-electron chi connectivity index (χ3n) is 6.92. The first-order valence-electron chi connectivity index (χ1n) is 11.5. The number of carbonyl (C=O) groups is 1. The SMILES string of the molecule is CC1CC1c1ccc(CN(C(=O)C2CCCN(c3ncccc3C(F)(F)F)C2)C2CC2)o1. The lowest BCUT2D eigenvalue weighted by molar-refractivity contribution is -0.137. The summed E-state index contributed by atoms with van der Waals surface area (Å²) < 4.78 is 46.5. The molecule has 5 nitrogen and oxygen atoms in total. The minimum Gasteiger partial charge on any atom is -0.464 e. The number of halogens is 3. The van der Waals surface area contributed by atoms with Crippen LogP contribution in [0, 0.1) is 11.8 Å². The molecule has 1 aliphatic heterocycles. The molecule has 0 spiro atoms. The number of piperidine rings is 1. The molecule has 2 aromatic heterocycles. The Morgan fingerprint density at radius 2 is 2.03 bits per heavy atom. The summed E-state index contributed by atoms with van der Waals surface area (Å²) in [6.45, 7) is 3.35. The standard InChI is InChI=1S/C24H28F3N3O2/c1-15-12-19(15)21-9-8-18(32-21)14-30(17-6-7-17)23(31)16-4-3-11-29(13-16)22-20(24(25,26)27)5-2-10-28-22/h2,5,8-10,15-17,19H,3-4,6-7,11-14H2,1H3. The summed E-state index contributed by atoms with van der Waals surface area (Å²) in [6, 6.07) is 6.53. The normalized spacial score (nSPS) is 25.6. The van der Waals surface area contributed by atoms with Crippen molar-refractivity contribution in [2.75, 3.05) is 18.0 Å². The third kappa shape index (κ3) is 4.36. The van der Waals surface area contributed by atoms with E-state index in [2.05, 4.69) is 11.9 Å². The summed E-state index contributed by atoms with van der Waals surface area (Å²) in [5.74, 6) is 2.51. The van der Waals surface area contributed by atoms with Crippen molar-refractivity contribution in [2.45, 2.75) is 63.7 Å². The van der Waals surface area contributed by atoms with E-state index in [1.54, 1.807) is 4.90 Å². The minimum atomic E-state index is -4.48. The second-order valence-electron chi connectivity index (χ2n) is 9.48. The fourth-order valence-corrected chi connectivity index (χ4v) is 4.81. The third-order valence-corrected chi connectivity index (χ3v) is 6.92. The second-order valence-corrected chi connectivity index (χ2v) is 9.48. The molecule has 0 bridgehead atoms. The Hall–Kier alpha value is -2.51. The number of amides is 1. The summed E-state index contributed by atoms with van der Waals surface area (Å²) in [4.78, 5) is 21.0. The van der Waals surface area contributed by atoms with Gasteiger partial charge in [-0.1, -0.05) is 6.92 Å². The van der Waals surface area contributed by atoms with Crippen LogP contribution in [0.3, 0.4) is 0 Å². The fraction of sp³-hybridized carbons (Fsp3) is 0.583. The van der Waals surface area contributed by atoms with Gasteiger partial charge in [-0.3, -0.25) is 4.79 Å². The minimum absolute atomic E-state index is 0.0134. The molecule has 1 amide bonds. The highest BCUT2D eigenvalue weighted by Crippen LogP contribution is 2.47. The maximum atomic E-state index is 13.5. The van der Waals surface area contributed by atoms with Gasteiger partial charge in [0.15, 0.2) is 0 Å². The van der Waals surface area contributed by atoms with Crippen molar-refractivity contribution >= 4 is 11.7 Å². The first-order valence-corrected chi connectivity index (χ1v) is 11.5. The Balaban J connectivity index is 1.30. The molecule has 0 N–H and O–H groups in total. The van der Waals surface area contributed by atoms with Crippen molar-refractivity contribution in [3.8, 4) is 0 Å². The Bertz CT molecular complexity index is 985. The van der Waals surface area contributed by atoms with Gasteiger partial charge in [0.25, 0.3) is 0 Å². The molecule has 2 aromatic rings. The summed E-state index contributed by atoms with van der Waals surface area (Å²) >= 11 is 0. The van der Waals surface area contributed by atoms with E-state index in [9.17, 15) is 18.0 Å². The van der Waals surface area contributed by atoms with Crippen LogP contribution < -0.4 is 4.90 Å². The predicted octanol–water partition coefficient (Wildman–Crippen LogP) is 5.22. The van der Waals surface area contributed by atoms with Gasteiger partial charge in [0, 0.05) is 31.2 Å². The molecule has 172 valence electrons. The van der Waals surface area contributed by atoms with E-state index in [1.165, 1.54) is 12.3 Å². The number of alkyl halides is 3. The van der Waals surface area contributed by atoms with Crippen molar-refractivity contribution in [2.24, 2.45) is 11.8 Å². The van der Waals surface area contributed by atoms with Crippen LogP contribution in [0.5, 0.6) is 0 Å². The van der Waals surface area contributed by atoms with Gasteiger partial charge in [0.1, 0.15) is 17.3 Å². The van der Waals surface area contributed by atoms with E-state index in [1.807, 2.05) is 17.0 Å². The van der Waals surface area contributed by atoms with Crippen molar-refractivity contribution in [1.82, 2.24) is 9.88 Å². The summed E-state index contributed by atoms with van der Waals surface area (Å²) in [7, 11) is 0. The molecular weight excluding hydrogens is 419 g/mol. The molecule has 3 aliphatic rings. The smallest absolute Gasteiger partial charge is 0.419 e. The molecule has 3 fully saturated rings. The van der Waals surface area contributed by atoms with Crippen molar-refractivity contribution in [3.05, 3.63) is 47.5 Å². The zero-order valence-electron chi connectivity index (χ0n) is 18.1. The average molecular weight is 448 g/mol. The number of hydrogen-bond donors (Lipinski definition) is 0. The largest absolute Gasteiger partial charge is 0.464 e. The van der Waals surface area contributed by atoms with Crippen LogP contribution in [0.1, 0.15) is 62.0 Å². The van der Waals surface area contributed by atoms with Gasteiger partial charge in [-0.2, -0.15) is 13.2 Å². The van der Waals surface area contributed by atoms with Crippen molar-refractivity contribution in [1.29, 1.82) is 0 Å². The molecular formula is C24H28F3N3O2. The Labute approximate surface area is 185 Å². The number of pyridine rings is 1. The molecule has 3 atom stereocenters. The van der Waals surface area contributed by atoms with Crippen LogP contribution in [0.15, 0.2) is 34.9 Å². The van der Waals surface area contributed by atoms with Gasteiger partial charge in [0.2, 0.25) is 5.91 Å². The Kier molecular flexibility index (Phi) is 5.42. The number of furan rings is 1.